The average molecular weight is 254 g/mol. The summed E-state index contributed by atoms with van der Waals surface area (Å²) >= 11 is 5.95. The van der Waals surface area contributed by atoms with Crippen molar-refractivity contribution in [2.75, 3.05) is 5.73 Å². The molecule has 1 aliphatic carbocycles. The van der Waals surface area contributed by atoms with E-state index in [-0.39, 0.29) is 23.2 Å². The molecule has 17 heavy (non-hydrogen) atoms. The SMILES string of the molecule is Nc1nc(Cl)c2ncn(C3CCC(O)C3)c2n1. The Hall–Kier alpha value is -1.40. The molecule has 2 heterocycles. The van der Waals surface area contributed by atoms with Crippen molar-refractivity contribution in [3.63, 3.8) is 0 Å². The molecule has 2 unspecified atom stereocenters. The van der Waals surface area contributed by atoms with Crippen LogP contribution in [0.4, 0.5) is 5.95 Å². The van der Waals surface area contributed by atoms with Gasteiger partial charge in [-0.15, -0.1) is 0 Å². The number of anilines is 1. The first-order valence-electron chi connectivity index (χ1n) is 5.49. The van der Waals surface area contributed by atoms with Crippen molar-refractivity contribution in [2.24, 2.45) is 0 Å². The lowest BCUT2D eigenvalue weighted by atomic mass is 10.2. The summed E-state index contributed by atoms with van der Waals surface area (Å²) in [6.07, 6.45) is 3.87. The van der Waals surface area contributed by atoms with Crippen LogP contribution in [0.1, 0.15) is 25.3 Å². The summed E-state index contributed by atoms with van der Waals surface area (Å²) in [5.41, 5.74) is 6.78. The van der Waals surface area contributed by atoms with E-state index in [4.69, 9.17) is 17.3 Å². The lowest BCUT2D eigenvalue weighted by Gasteiger charge is -2.11. The third-order valence-electron chi connectivity index (χ3n) is 3.17. The molecule has 6 nitrogen and oxygen atoms in total. The van der Waals surface area contributed by atoms with Crippen molar-refractivity contribution in [3.8, 4) is 0 Å². The number of aliphatic hydroxyl groups excluding tert-OH is 1. The standard InChI is InChI=1S/C10H12ClN5O/c11-8-7-9(15-10(12)14-8)16(4-13-7)5-1-2-6(17)3-5/h4-6,17H,1-3H2,(H2,12,14,15). The number of aliphatic hydroxyl groups is 1. The quantitative estimate of drug-likeness (QED) is 0.744. The van der Waals surface area contributed by atoms with E-state index >= 15 is 0 Å². The van der Waals surface area contributed by atoms with Crippen molar-refractivity contribution < 1.29 is 5.11 Å². The minimum absolute atomic E-state index is 0.141. The summed E-state index contributed by atoms with van der Waals surface area (Å²) in [5.74, 6) is 0.141. The number of nitrogens with two attached hydrogens (primary N) is 1. The zero-order valence-corrected chi connectivity index (χ0v) is 9.80. The average Bonchev–Trinajstić information content (AvgIpc) is 2.83. The molecular weight excluding hydrogens is 242 g/mol. The van der Waals surface area contributed by atoms with E-state index in [2.05, 4.69) is 15.0 Å². The number of imidazole rings is 1. The molecule has 90 valence electrons. The van der Waals surface area contributed by atoms with E-state index in [0.717, 1.165) is 12.8 Å². The fraction of sp³-hybridized carbons (Fsp3) is 0.500. The molecule has 3 N–H and O–H groups in total. The summed E-state index contributed by atoms with van der Waals surface area (Å²) in [6, 6.07) is 0.209. The molecule has 0 bridgehead atoms. The van der Waals surface area contributed by atoms with Crippen LogP contribution in [-0.4, -0.2) is 30.7 Å². The molecular formula is C10H12ClN5O. The fourth-order valence-electron chi connectivity index (χ4n) is 2.35. The second-order valence-corrected chi connectivity index (χ2v) is 4.68. The first-order chi connectivity index (χ1) is 8.15. The molecule has 0 aromatic carbocycles. The number of nitrogens with zero attached hydrogens (tertiary/aromatic N) is 4. The highest BCUT2D eigenvalue weighted by atomic mass is 35.5. The summed E-state index contributed by atoms with van der Waals surface area (Å²) < 4.78 is 1.93. The first-order valence-corrected chi connectivity index (χ1v) is 5.86. The van der Waals surface area contributed by atoms with Crippen LogP contribution in [0.15, 0.2) is 6.33 Å². The maximum atomic E-state index is 9.56. The van der Waals surface area contributed by atoms with Gasteiger partial charge in [-0.25, -0.2) is 4.98 Å². The molecule has 0 amide bonds. The Labute approximate surface area is 102 Å². The van der Waals surface area contributed by atoms with Gasteiger partial charge in [0.15, 0.2) is 10.8 Å². The second kappa shape index (κ2) is 3.82. The number of nitrogen functional groups attached to an aromatic ring is 1. The lowest BCUT2D eigenvalue weighted by Crippen LogP contribution is -2.07. The van der Waals surface area contributed by atoms with E-state index < -0.39 is 0 Å². The maximum absolute atomic E-state index is 9.56. The third-order valence-corrected chi connectivity index (χ3v) is 3.43. The summed E-state index contributed by atoms with van der Waals surface area (Å²) in [7, 11) is 0. The summed E-state index contributed by atoms with van der Waals surface area (Å²) in [5, 5.41) is 9.83. The Bertz CT molecular complexity index is 569. The van der Waals surface area contributed by atoms with Crippen molar-refractivity contribution >= 4 is 28.7 Å². The van der Waals surface area contributed by atoms with Crippen LogP contribution < -0.4 is 5.73 Å². The van der Waals surface area contributed by atoms with Gasteiger partial charge in [0, 0.05) is 6.04 Å². The van der Waals surface area contributed by atoms with Crippen molar-refractivity contribution in [3.05, 3.63) is 11.5 Å². The van der Waals surface area contributed by atoms with Crippen molar-refractivity contribution in [1.82, 2.24) is 19.5 Å². The number of halogens is 1. The van der Waals surface area contributed by atoms with E-state index in [9.17, 15) is 5.11 Å². The van der Waals surface area contributed by atoms with Crippen LogP contribution in [0, 0.1) is 0 Å². The van der Waals surface area contributed by atoms with Gasteiger partial charge in [0.1, 0.15) is 5.52 Å². The highest BCUT2D eigenvalue weighted by Crippen LogP contribution is 2.32. The topological polar surface area (TPSA) is 89.8 Å². The molecule has 0 radical (unpaired) electrons. The van der Waals surface area contributed by atoms with Crippen LogP contribution in [0.5, 0.6) is 0 Å². The van der Waals surface area contributed by atoms with E-state index in [1.807, 2.05) is 4.57 Å². The number of hydrogen-bond acceptors (Lipinski definition) is 5. The monoisotopic (exact) mass is 253 g/mol. The molecule has 1 fully saturated rings. The van der Waals surface area contributed by atoms with Crippen LogP contribution in [0.3, 0.4) is 0 Å². The minimum Gasteiger partial charge on any atom is -0.393 e. The number of rotatable bonds is 1. The Morgan fingerprint density at radius 2 is 2.24 bits per heavy atom. The fourth-order valence-corrected chi connectivity index (χ4v) is 2.57. The van der Waals surface area contributed by atoms with Crippen LogP contribution in [0.2, 0.25) is 5.15 Å². The van der Waals surface area contributed by atoms with Gasteiger partial charge in [-0.1, -0.05) is 11.6 Å². The van der Waals surface area contributed by atoms with E-state index in [1.165, 1.54) is 0 Å². The van der Waals surface area contributed by atoms with E-state index in [0.29, 0.717) is 17.6 Å². The van der Waals surface area contributed by atoms with Gasteiger partial charge in [-0.05, 0) is 19.3 Å². The molecule has 2 aromatic rings. The molecule has 1 saturated carbocycles. The second-order valence-electron chi connectivity index (χ2n) is 4.32. The van der Waals surface area contributed by atoms with Gasteiger partial charge in [0.2, 0.25) is 5.95 Å². The number of fused-ring (bicyclic) bond motifs is 1. The molecule has 2 atom stereocenters. The molecule has 0 spiro atoms. The van der Waals surface area contributed by atoms with Gasteiger partial charge >= 0.3 is 0 Å². The van der Waals surface area contributed by atoms with Crippen LogP contribution >= 0.6 is 11.6 Å². The molecule has 0 aliphatic heterocycles. The zero-order valence-electron chi connectivity index (χ0n) is 9.04. The first kappa shape index (κ1) is 10.7. The lowest BCUT2D eigenvalue weighted by molar-refractivity contribution is 0.178. The van der Waals surface area contributed by atoms with E-state index in [1.54, 1.807) is 6.33 Å². The summed E-state index contributed by atoms with van der Waals surface area (Å²) in [4.78, 5) is 12.2. The predicted octanol–water partition coefficient (Wildman–Crippen LogP) is 1.15. The molecule has 0 saturated heterocycles. The Kier molecular flexibility index (Phi) is 2.41. The Morgan fingerprint density at radius 3 is 2.94 bits per heavy atom. The molecule has 7 heteroatoms. The normalized spacial score (nSPS) is 24.6. The van der Waals surface area contributed by atoms with Crippen molar-refractivity contribution in [1.29, 1.82) is 0 Å². The zero-order chi connectivity index (χ0) is 12.0. The highest BCUT2D eigenvalue weighted by Gasteiger charge is 2.26. The van der Waals surface area contributed by atoms with Gasteiger partial charge in [0.25, 0.3) is 0 Å². The van der Waals surface area contributed by atoms with Crippen LogP contribution in [0.25, 0.3) is 11.2 Å². The number of aromatic nitrogens is 4. The molecule has 3 rings (SSSR count). The molecule has 2 aromatic heterocycles. The predicted molar refractivity (Wildman–Crippen MR) is 63.6 cm³/mol. The summed E-state index contributed by atoms with van der Waals surface area (Å²) in [6.45, 7) is 0. The maximum Gasteiger partial charge on any atom is 0.223 e. The van der Waals surface area contributed by atoms with Gasteiger partial charge in [0.05, 0.1) is 12.4 Å². The third kappa shape index (κ3) is 1.73. The highest BCUT2D eigenvalue weighted by molar-refractivity contribution is 6.33. The largest absolute Gasteiger partial charge is 0.393 e. The number of hydrogen-bond donors (Lipinski definition) is 2. The van der Waals surface area contributed by atoms with Gasteiger partial charge in [-0.3, -0.25) is 0 Å². The Morgan fingerprint density at radius 1 is 1.41 bits per heavy atom. The molecule has 1 aliphatic rings. The minimum atomic E-state index is -0.243. The van der Waals surface area contributed by atoms with Gasteiger partial charge in [-0.2, -0.15) is 9.97 Å². The van der Waals surface area contributed by atoms with Gasteiger partial charge < -0.3 is 15.4 Å². The Balaban J connectivity index is 2.11. The van der Waals surface area contributed by atoms with Crippen LogP contribution in [-0.2, 0) is 0 Å². The van der Waals surface area contributed by atoms with Crippen molar-refractivity contribution in [2.45, 2.75) is 31.4 Å². The smallest absolute Gasteiger partial charge is 0.223 e.